The Morgan fingerprint density at radius 1 is 1.04 bits per heavy atom. The van der Waals surface area contributed by atoms with E-state index >= 15 is 0 Å². The summed E-state index contributed by atoms with van der Waals surface area (Å²) in [6.07, 6.45) is 9.30. The van der Waals surface area contributed by atoms with Gasteiger partial charge in [-0.3, -0.25) is 0 Å². The van der Waals surface area contributed by atoms with Crippen LogP contribution in [0.4, 0.5) is 0 Å². The van der Waals surface area contributed by atoms with Gasteiger partial charge in [-0.05, 0) is 90.5 Å². The molecule has 3 heteroatoms. The molecular formula is C23H32O2Si. The molecule has 0 aliphatic heterocycles. The van der Waals surface area contributed by atoms with Gasteiger partial charge in [-0.25, -0.2) is 0 Å². The van der Waals surface area contributed by atoms with Crippen molar-refractivity contribution in [3.63, 3.8) is 0 Å². The van der Waals surface area contributed by atoms with Crippen LogP contribution in [0, 0.1) is 29.1 Å². The summed E-state index contributed by atoms with van der Waals surface area (Å²) < 4.78 is 12.0. The summed E-state index contributed by atoms with van der Waals surface area (Å²) in [4.78, 5) is 0. The Hall–Kier alpha value is -1.22. The van der Waals surface area contributed by atoms with Gasteiger partial charge in [0.15, 0.2) is 0 Å². The molecule has 0 heterocycles. The quantitative estimate of drug-likeness (QED) is 0.452. The molecule has 4 aliphatic carbocycles. The Morgan fingerprint density at radius 3 is 2.38 bits per heavy atom. The van der Waals surface area contributed by atoms with Crippen molar-refractivity contribution in [2.24, 2.45) is 29.1 Å². The number of rotatable bonds is 6. The molecule has 140 valence electrons. The van der Waals surface area contributed by atoms with Gasteiger partial charge in [0.05, 0.1) is 6.26 Å². The molecule has 4 bridgehead atoms. The number of hydrogen-bond acceptors (Lipinski definition) is 2. The molecule has 0 N–H and O–H groups in total. The largest absolute Gasteiger partial charge is 0.541 e. The first-order chi connectivity index (χ1) is 12.5. The molecular weight excluding hydrogens is 336 g/mol. The summed E-state index contributed by atoms with van der Waals surface area (Å²) in [6, 6.07) is 9.48. The van der Waals surface area contributed by atoms with Crippen LogP contribution in [-0.2, 0) is 11.3 Å². The average molecular weight is 369 g/mol. The van der Waals surface area contributed by atoms with Gasteiger partial charge in [0.25, 0.3) is 0 Å². The van der Waals surface area contributed by atoms with E-state index in [9.17, 15) is 0 Å². The van der Waals surface area contributed by atoms with Gasteiger partial charge in [0.1, 0.15) is 12.4 Å². The van der Waals surface area contributed by atoms with Crippen LogP contribution >= 0.6 is 0 Å². The Morgan fingerprint density at radius 2 is 1.73 bits per heavy atom. The maximum atomic E-state index is 6.04. The maximum absolute atomic E-state index is 6.04. The third kappa shape index (κ3) is 4.36. The van der Waals surface area contributed by atoms with Crippen LogP contribution < -0.4 is 4.43 Å². The van der Waals surface area contributed by atoms with E-state index in [1.807, 2.05) is 0 Å². The fourth-order valence-electron chi connectivity index (χ4n) is 5.19. The van der Waals surface area contributed by atoms with Gasteiger partial charge in [-0.1, -0.05) is 32.9 Å². The highest BCUT2D eigenvalue weighted by Gasteiger charge is 2.45. The van der Waals surface area contributed by atoms with Crippen molar-refractivity contribution in [3.05, 3.63) is 41.7 Å². The van der Waals surface area contributed by atoms with Crippen molar-refractivity contribution in [2.75, 3.05) is 0 Å². The monoisotopic (exact) mass is 368 g/mol. The molecule has 1 aromatic rings. The van der Waals surface area contributed by atoms with Gasteiger partial charge in [-0.2, -0.15) is 0 Å². The summed E-state index contributed by atoms with van der Waals surface area (Å²) in [7, 11) is 0.513. The van der Waals surface area contributed by atoms with E-state index in [1.165, 1.54) is 37.7 Å². The molecule has 0 spiro atoms. The van der Waals surface area contributed by atoms with Crippen LogP contribution in [0.5, 0.6) is 5.75 Å². The molecule has 0 amide bonds. The molecule has 0 unspecified atom stereocenters. The predicted molar refractivity (Wildman–Crippen MR) is 107 cm³/mol. The first-order valence-electron chi connectivity index (χ1n) is 10.3. The van der Waals surface area contributed by atoms with Gasteiger partial charge in [0.2, 0.25) is 0 Å². The van der Waals surface area contributed by atoms with Crippen LogP contribution in [0.15, 0.2) is 36.1 Å². The molecule has 4 fully saturated rings. The SMILES string of the molecule is CC(C)(C)C[Si]Oc1cccc(COC=C2C3CC4CC(C3)CC2C4)c1. The van der Waals surface area contributed by atoms with E-state index in [1.54, 1.807) is 5.57 Å². The fraction of sp³-hybridized carbons (Fsp3) is 0.652. The predicted octanol–water partition coefficient (Wildman–Crippen LogP) is 6.01. The molecule has 1 aromatic carbocycles. The van der Waals surface area contributed by atoms with Gasteiger partial charge in [-0.15, -0.1) is 0 Å². The lowest BCUT2D eigenvalue weighted by Gasteiger charge is -2.51. The topological polar surface area (TPSA) is 18.5 Å². The van der Waals surface area contributed by atoms with E-state index in [0.717, 1.165) is 35.5 Å². The molecule has 4 saturated carbocycles. The average Bonchev–Trinajstić information content (AvgIpc) is 2.56. The number of benzene rings is 1. The van der Waals surface area contributed by atoms with E-state index < -0.39 is 0 Å². The van der Waals surface area contributed by atoms with Gasteiger partial charge in [0, 0.05) is 0 Å². The lowest BCUT2D eigenvalue weighted by atomic mass is 9.54. The Bertz CT molecular complexity index is 628. The van der Waals surface area contributed by atoms with Crippen molar-refractivity contribution in [1.82, 2.24) is 0 Å². The third-order valence-corrected chi connectivity index (χ3v) is 7.83. The zero-order chi connectivity index (χ0) is 18.1. The van der Waals surface area contributed by atoms with Crippen molar-refractivity contribution in [2.45, 2.75) is 65.5 Å². The van der Waals surface area contributed by atoms with Crippen molar-refractivity contribution in [3.8, 4) is 5.75 Å². The second kappa shape index (κ2) is 7.42. The second-order valence-electron chi connectivity index (χ2n) is 9.86. The van der Waals surface area contributed by atoms with Crippen LogP contribution in [0.2, 0.25) is 6.04 Å². The van der Waals surface area contributed by atoms with Crippen LogP contribution in [0.25, 0.3) is 0 Å². The zero-order valence-electron chi connectivity index (χ0n) is 16.5. The van der Waals surface area contributed by atoms with Gasteiger partial charge < -0.3 is 9.16 Å². The molecule has 4 aliphatic rings. The van der Waals surface area contributed by atoms with E-state index in [4.69, 9.17) is 9.16 Å². The van der Waals surface area contributed by atoms with Gasteiger partial charge >= 0.3 is 9.76 Å². The zero-order valence-corrected chi connectivity index (χ0v) is 17.5. The van der Waals surface area contributed by atoms with Crippen LogP contribution in [0.3, 0.4) is 0 Å². The summed E-state index contributed by atoms with van der Waals surface area (Å²) >= 11 is 0. The fourth-order valence-corrected chi connectivity index (χ4v) is 5.99. The highest BCUT2D eigenvalue weighted by molar-refractivity contribution is 6.28. The summed E-state index contributed by atoms with van der Waals surface area (Å²) in [5.41, 5.74) is 3.14. The summed E-state index contributed by atoms with van der Waals surface area (Å²) in [5, 5.41) is 0. The second-order valence-corrected chi connectivity index (χ2v) is 10.7. The van der Waals surface area contributed by atoms with Crippen molar-refractivity contribution < 1.29 is 9.16 Å². The standard InChI is InChI=1S/C23H32O2Si/c1-23(2,3)15-26-25-21-6-4-5-16(12-21)13-24-14-22-19-8-17-7-18(10-19)11-20(22)9-17/h4-6,12,14,17-20H,7-11,13,15H2,1-3H3. The third-order valence-electron chi connectivity index (χ3n) is 6.24. The van der Waals surface area contributed by atoms with Crippen LogP contribution in [-0.4, -0.2) is 9.76 Å². The highest BCUT2D eigenvalue weighted by Crippen LogP contribution is 2.56. The molecule has 2 nitrogen and oxygen atoms in total. The molecule has 5 rings (SSSR count). The minimum atomic E-state index is 0.323. The highest BCUT2D eigenvalue weighted by atomic mass is 28.2. The van der Waals surface area contributed by atoms with Crippen LogP contribution in [0.1, 0.15) is 58.4 Å². The number of ether oxygens (including phenoxy) is 1. The molecule has 0 aromatic heterocycles. The molecule has 26 heavy (non-hydrogen) atoms. The number of allylic oxidation sites excluding steroid dienone is 1. The van der Waals surface area contributed by atoms with E-state index in [-0.39, 0.29) is 0 Å². The first-order valence-corrected chi connectivity index (χ1v) is 11.4. The minimum Gasteiger partial charge on any atom is -0.541 e. The Balaban J connectivity index is 1.30. The summed E-state index contributed by atoms with van der Waals surface area (Å²) in [6.45, 7) is 7.41. The molecule has 0 saturated heterocycles. The van der Waals surface area contributed by atoms with E-state index in [2.05, 4.69) is 51.3 Å². The lowest BCUT2D eigenvalue weighted by molar-refractivity contribution is 0.0632. The Labute approximate surface area is 161 Å². The minimum absolute atomic E-state index is 0.323. The first kappa shape index (κ1) is 18.2. The lowest BCUT2D eigenvalue weighted by Crippen LogP contribution is -2.40. The molecule has 2 radical (unpaired) electrons. The van der Waals surface area contributed by atoms with Crippen molar-refractivity contribution >= 4 is 9.76 Å². The number of hydrogen-bond donors (Lipinski definition) is 0. The maximum Gasteiger partial charge on any atom is 0.311 e. The summed E-state index contributed by atoms with van der Waals surface area (Å²) in [5.74, 6) is 4.63. The Kier molecular flexibility index (Phi) is 5.18. The van der Waals surface area contributed by atoms with E-state index in [0.29, 0.717) is 21.8 Å². The smallest absolute Gasteiger partial charge is 0.311 e. The van der Waals surface area contributed by atoms with Crippen molar-refractivity contribution in [1.29, 1.82) is 0 Å². The normalized spacial score (nSPS) is 29.7. The molecule has 0 atom stereocenters.